The van der Waals surface area contributed by atoms with Crippen LogP contribution in [0.4, 0.5) is 0 Å². The van der Waals surface area contributed by atoms with Crippen LogP contribution < -0.4 is 0 Å². The molecule has 0 saturated heterocycles. The minimum absolute atomic E-state index is 0.124. The SMILES string of the molecule is C#C[C@H](C)C[C@@H](O)CCOCc1ccccc1. The summed E-state index contributed by atoms with van der Waals surface area (Å²) in [6.07, 6.45) is 6.18. The highest BCUT2D eigenvalue weighted by Gasteiger charge is 2.07. The summed E-state index contributed by atoms with van der Waals surface area (Å²) in [5.74, 6) is 2.74. The highest BCUT2D eigenvalue weighted by atomic mass is 16.5. The lowest BCUT2D eigenvalue weighted by molar-refractivity contribution is 0.0667. The van der Waals surface area contributed by atoms with Crippen LogP contribution in [0.15, 0.2) is 30.3 Å². The molecule has 0 radical (unpaired) electrons. The number of hydrogen-bond acceptors (Lipinski definition) is 2. The summed E-state index contributed by atoms with van der Waals surface area (Å²) in [6.45, 7) is 3.10. The topological polar surface area (TPSA) is 29.5 Å². The molecule has 2 heteroatoms. The van der Waals surface area contributed by atoms with E-state index in [1.54, 1.807) is 0 Å². The summed E-state index contributed by atoms with van der Waals surface area (Å²) in [5, 5.41) is 9.67. The second kappa shape index (κ2) is 7.89. The van der Waals surface area contributed by atoms with Crippen LogP contribution in [-0.2, 0) is 11.3 Å². The van der Waals surface area contributed by atoms with E-state index in [-0.39, 0.29) is 12.0 Å². The van der Waals surface area contributed by atoms with Crippen LogP contribution in [0.5, 0.6) is 0 Å². The standard InChI is InChI=1S/C15H20O2/c1-3-13(2)11-15(16)9-10-17-12-14-7-5-4-6-8-14/h1,4-8,13,15-16H,9-12H2,2H3/t13-,15-/m0/s1. The molecule has 1 rings (SSSR count). The number of aliphatic hydroxyl groups excluding tert-OH is 1. The summed E-state index contributed by atoms with van der Waals surface area (Å²) in [6, 6.07) is 10.0. The molecule has 0 heterocycles. The maximum atomic E-state index is 9.67. The average Bonchev–Trinajstić information content (AvgIpc) is 2.36. The fourth-order valence-corrected chi connectivity index (χ4v) is 1.58. The summed E-state index contributed by atoms with van der Waals surface area (Å²) < 4.78 is 5.49. The van der Waals surface area contributed by atoms with Gasteiger partial charge in [-0.25, -0.2) is 0 Å². The maximum Gasteiger partial charge on any atom is 0.0716 e. The molecule has 0 fully saturated rings. The van der Waals surface area contributed by atoms with E-state index in [2.05, 4.69) is 5.92 Å². The largest absolute Gasteiger partial charge is 0.393 e. The first kappa shape index (κ1) is 13.8. The van der Waals surface area contributed by atoms with Gasteiger partial charge in [-0.3, -0.25) is 0 Å². The van der Waals surface area contributed by atoms with E-state index in [9.17, 15) is 5.11 Å². The number of benzene rings is 1. The first-order valence-corrected chi connectivity index (χ1v) is 5.98. The second-order valence-corrected chi connectivity index (χ2v) is 4.28. The van der Waals surface area contributed by atoms with Crippen molar-refractivity contribution in [3.63, 3.8) is 0 Å². The summed E-state index contributed by atoms with van der Waals surface area (Å²) >= 11 is 0. The van der Waals surface area contributed by atoms with Gasteiger partial charge in [0.05, 0.1) is 12.7 Å². The predicted octanol–water partition coefficient (Wildman–Crippen LogP) is 2.61. The fourth-order valence-electron chi connectivity index (χ4n) is 1.58. The van der Waals surface area contributed by atoms with Crippen molar-refractivity contribution in [2.45, 2.75) is 32.5 Å². The number of hydrogen-bond donors (Lipinski definition) is 1. The van der Waals surface area contributed by atoms with E-state index < -0.39 is 0 Å². The molecule has 0 saturated carbocycles. The lowest BCUT2D eigenvalue weighted by Gasteiger charge is -2.12. The molecule has 2 atom stereocenters. The Morgan fingerprint density at radius 2 is 2.06 bits per heavy atom. The molecule has 1 aromatic rings. The number of ether oxygens (including phenoxy) is 1. The molecular formula is C15H20O2. The Morgan fingerprint density at radius 1 is 1.35 bits per heavy atom. The quantitative estimate of drug-likeness (QED) is 0.578. The summed E-state index contributed by atoms with van der Waals surface area (Å²) in [4.78, 5) is 0. The first-order valence-electron chi connectivity index (χ1n) is 5.98. The Kier molecular flexibility index (Phi) is 6.39. The maximum absolute atomic E-state index is 9.67. The van der Waals surface area contributed by atoms with Crippen LogP contribution in [0.1, 0.15) is 25.3 Å². The third-order valence-corrected chi connectivity index (χ3v) is 2.62. The van der Waals surface area contributed by atoms with Crippen LogP contribution in [0.25, 0.3) is 0 Å². The van der Waals surface area contributed by atoms with E-state index in [0.717, 1.165) is 5.56 Å². The van der Waals surface area contributed by atoms with Gasteiger partial charge in [0, 0.05) is 12.5 Å². The minimum Gasteiger partial charge on any atom is -0.393 e. The van der Waals surface area contributed by atoms with Crippen LogP contribution in [-0.4, -0.2) is 17.8 Å². The predicted molar refractivity (Wildman–Crippen MR) is 69.3 cm³/mol. The molecule has 0 unspecified atom stereocenters. The molecule has 0 bridgehead atoms. The highest BCUT2D eigenvalue weighted by molar-refractivity contribution is 5.13. The van der Waals surface area contributed by atoms with E-state index in [1.165, 1.54) is 0 Å². The van der Waals surface area contributed by atoms with Crippen LogP contribution >= 0.6 is 0 Å². The Morgan fingerprint density at radius 3 is 2.71 bits per heavy atom. The molecule has 2 nitrogen and oxygen atoms in total. The van der Waals surface area contributed by atoms with Crippen molar-refractivity contribution in [3.8, 4) is 12.3 Å². The molecule has 1 aromatic carbocycles. The molecule has 0 aliphatic carbocycles. The van der Waals surface area contributed by atoms with Gasteiger partial charge in [0.25, 0.3) is 0 Å². The lowest BCUT2D eigenvalue weighted by Crippen LogP contribution is -2.13. The van der Waals surface area contributed by atoms with Gasteiger partial charge in [0.2, 0.25) is 0 Å². The molecule has 0 aromatic heterocycles. The third kappa shape index (κ3) is 6.11. The Balaban J connectivity index is 2.10. The van der Waals surface area contributed by atoms with Crippen LogP contribution in [0.3, 0.4) is 0 Å². The molecular weight excluding hydrogens is 212 g/mol. The minimum atomic E-state index is -0.364. The van der Waals surface area contributed by atoms with E-state index in [1.807, 2.05) is 37.3 Å². The fraction of sp³-hybridized carbons (Fsp3) is 0.467. The van der Waals surface area contributed by atoms with Gasteiger partial charge in [0.1, 0.15) is 0 Å². The van der Waals surface area contributed by atoms with Crippen molar-refractivity contribution >= 4 is 0 Å². The Bertz CT molecular complexity index is 340. The molecule has 92 valence electrons. The van der Waals surface area contributed by atoms with Crippen molar-refractivity contribution in [3.05, 3.63) is 35.9 Å². The molecule has 17 heavy (non-hydrogen) atoms. The molecule has 0 aliphatic heterocycles. The molecule has 0 spiro atoms. The summed E-state index contributed by atoms with van der Waals surface area (Å²) in [7, 11) is 0. The average molecular weight is 232 g/mol. The molecule has 0 aliphatic rings. The Hall–Kier alpha value is -1.30. The highest BCUT2D eigenvalue weighted by Crippen LogP contribution is 2.08. The van der Waals surface area contributed by atoms with Crippen molar-refractivity contribution in [1.82, 2.24) is 0 Å². The molecule has 1 N–H and O–H groups in total. The van der Waals surface area contributed by atoms with Gasteiger partial charge in [-0.1, -0.05) is 37.3 Å². The monoisotopic (exact) mass is 232 g/mol. The zero-order valence-electron chi connectivity index (χ0n) is 10.3. The van der Waals surface area contributed by atoms with Gasteiger partial charge in [0.15, 0.2) is 0 Å². The zero-order chi connectivity index (χ0) is 12.5. The first-order chi connectivity index (χ1) is 8.22. The van der Waals surface area contributed by atoms with Gasteiger partial charge >= 0.3 is 0 Å². The number of terminal acetylenes is 1. The van der Waals surface area contributed by atoms with Crippen molar-refractivity contribution in [1.29, 1.82) is 0 Å². The van der Waals surface area contributed by atoms with Crippen molar-refractivity contribution in [2.24, 2.45) is 5.92 Å². The zero-order valence-corrected chi connectivity index (χ0v) is 10.3. The van der Waals surface area contributed by atoms with Crippen molar-refractivity contribution < 1.29 is 9.84 Å². The van der Waals surface area contributed by atoms with Gasteiger partial charge < -0.3 is 9.84 Å². The van der Waals surface area contributed by atoms with Gasteiger partial charge in [-0.05, 0) is 18.4 Å². The smallest absolute Gasteiger partial charge is 0.0716 e. The number of aliphatic hydroxyl groups is 1. The second-order valence-electron chi connectivity index (χ2n) is 4.28. The van der Waals surface area contributed by atoms with E-state index in [4.69, 9.17) is 11.2 Å². The third-order valence-electron chi connectivity index (χ3n) is 2.62. The summed E-state index contributed by atoms with van der Waals surface area (Å²) in [5.41, 5.74) is 1.15. The Labute approximate surface area is 104 Å². The van der Waals surface area contributed by atoms with Crippen LogP contribution in [0, 0.1) is 18.3 Å². The van der Waals surface area contributed by atoms with Crippen molar-refractivity contribution in [2.75, 3.05) is 6.61 Å². The molecule has 0 amide bonds. The van der Waals surface area contributed by atoms with Gasteiger partial charge in [-0.2, -0.15) is 0 Å². The normalized spacial score (nSPS) is 13.9. The van der Waals surface area contributed by atoms with E-state index >= 15 is 0 Å². The van der Waals surface area contributed by atoms with Gasteiger partial charge in [-0.15, -0.1) is 12.3 Å². The number of rotatable bonds is 7. The van der Waals surface area contributed by atoms with Crippen LogP contribution in [0.2, 0.25) is 0 Å². The van der Waals surface area contributed by atoms with E-state index in [0.29, 0.717) is 26.1 Å². The lowest BCUT2D eigenvalue weighted by atomic mass is 10.0.